The third-order valence-corrected chi connectivity index (χ3v) is 6.61. The molecule has 0 spiro atoms. The second kappa shape index (κ2) is 8.52. The highest BCUT2D eigenvalue weighted by Crippen LogP contribution is 2.26. The second-order valence-corrected chi connectivity index (χ2v) is 8.28. The maximum Gasteiger partial charge on any atom is 0.266 e. The van der Waals surface area contributed by atoms with Crippen LogP contribution in [0.4, 0.5) is 0 Å². The molecule has 2 aromatic heterocycles. The Labute approximate surface area is 166 Å². The Balaban J connectivity index is 1.82. The van der Waals surface area contributed by atoms with Crippen molar-refractivity contribution in [2.24, 2.45) is 0 Å². The van der Waals surface area contributed by atoms with Gasteiger partial charge in [-0.1, -0.05) is 31.6 Å². The van der Waals surface area contributed by atoms with E-state index in [0.717, 1.165) is 72.7 Å². The molecule has 148 valence electrons. The Morgan fingerprint density at radius 3 is 2.41 bits per heavy atom. The van der Waals surface area contributed by atoms with Crippen LogP contribution in [0.15, 0.2) is 0 Å². The number of hydrogen-bond donors (Lipinski definition) is 0. The van der Waals surface area contributed by atoms with E-state index in [1.54, 1.807) is 0 Å². The van der Waals surface area contributed by atoms with E-state index in [2.05, 4.69) is 37.6 Å². The van der Waals surface area contributed by atoms with Gasteiger partial charge in [0.05, 0.1) is 11.4 Å². The number of carbonyl (C=O) groups is 1. The van der Waals surface area contributed by atoms with E-state index in [-0.39, 0.29) is 5.91 Å². The number of hydrogen-bond acceptors (Lipinski definition) is 5. The molecule has 1 aliphatic rings. The lowest BCUT2D eigenvalue weighted by Crippen LogP contribution is -2.48. The average Bonchev–Trinajstić information content (AvgIpc) is 3.19. The third kappa shape index (κ3) is 4.09. The molecule has 6 nitrogen and oxygen atoms in total. The van der Waals surface area contributed by atoms with Gasteiger partial charge >= 0.3 is 0 Å². The minimum atomic E-state index is 0.111. The van der Waals surface area contributed by atoms with E-state index in [1.807, 2.05) is 16.5 Å². The van der Waals surface area contributed by atoms with Crippen molar-refractivity contribution in [1.29, 1.82) is 0 Å². The summed E-state index contributed by atoms with van der Waals surface area (Å²) in [7, 11) is 0. The molecule has 0 N–H and O–H groups in total. The molecule has 0 radical (unpaired) electrons. The molecule has 0 bridgehead atoms. The highest BCUT2D eigenvalue weighted by molar-refractivity contribution is 7.16. The van der Waals surface area contributed by atoms with Crippen LogP contribution in [0.25, 0.3) is 5.13 Å². The SMILES string of the molecule is CCCCc1c(C)nn(-c2nc(C)c(C(=O)N3CCN(CC)CC3)s2)c1C. The summed E-state index contributed by atoms with van der Waals surface area (Å²) in [5.74, 6) is 0.111. The largest absolute Gasteiger partial charge is 0.335 e. The zero-order valence-electron chi connectivity index (χ0n) is 17.2. The Bertz CT molecular complexity index is 802. The number of aromatic nitrogens is 3. The van der Waals surface area contributed by atoms with Crippen LogP contribution in [0.1, 0.15) is 59.0 Å². The Hall–Kier alpha value is -1.73. The van der Waals surface area contributed by atoms with Gasteiger partial charge in [0.25, 0.3) is 5.91 Å². The molecule has 0 unspecified atom stereocenters. The molecule has 0 aromatic carbocycles. The lowest BCUT2D eigenvalue weighted by molar-refractivity contribution is 0.0647. The van der Waals surface area contributed by atoms with Crippen LogP contribution in [0.2, 0.25) is 0 Å². The van der Waals surface area contributed by atoms with Crippen LogP contribution in [-0.2, 0) is 6.42 Å². The molecular formula is C20H31N5OS. The van der Waals surface area contributed by atoms with Crippen LogP contribution >= 0.6 is 11.3 Å². The zero-order valence-corrected chi connectivity index (χ0v) is 18.0. The number of piperazine rings is 1. The van der Waals surface area contributed by atoms with Crippen molar-refractivity contribution < 1.29 is 4.79 Å². The van der Waals surface area contributed by atoms with Crippen molar-refractivity contribution in [1.82, 2.24) is 24.6 Å². The fourth-order valence-corrected chi connectivity index (χ4v) is 4.70. The standard InChI is InChI=1S/C20H31N5OS/c1-6-8-9-17-14(3)22-25(16(17)5)20-21-15(4)18(27-20)19(26)24-12-10-23(7-2)11-13-24/h6-13H2,1-5H3. The first kappa shape index (κ1) is 20.0. The maximum atomic E-state index is 13.0. The first-order valence-corrected chi connectivity index (χ1v) is 10.8. The van der Waals surface area contributed by atoms with Crippen LogP contribution in [-0.4, -0.2) is 63.2 Å². The van der Waals surface area contributed by atoms with E-state index >= 15 is 0 Å². The Morgan fingerprint density at radius 1 is 1.07 bits per heavy atom. The van der Waals surface area contributed by atoms with Crippen LogP contribution < -0.4 is 0 Å². The van der Waals surface area contributed by atoms with Crippen molar-refractivity contribution >= 4 is 17.2 Å². The molecule has 1 fully saturated rings. The van der Waals surface area contributed by atoms with Gasteiger partial charge in [-0.25, -0.2) is 9.67 Å². The highest BCUT2D eigenvalue weighted by Gasteiger charge is 2.26. The molecule has 27 heavy (non-hydrogen) atoms. The van der Waals surface area contributed by atoms with Gasteiger partial charge in [0.1, 0.15) is 4.88 Å². The van der Waals surface area contributed by atoms with Crippen molar-refractivity contribution in [3.05, 3.63) is 27.5 Å². The van der Waals surface area contributed by atoms with Crippen molar-refractivity contribution in [3.63, 3.8) is 0 Å². The summed E-state index contributed by atoms with van der Waals surface area (Å²) in [6, 6.07) is 0. The second-order valence-electron chi connectivity index (χ2n) is 7.30. The van der Waals surface area contributed by atoms with Gasteiger partial charge in [0.15, 0.2) is 0 Å². The molecule has 0 aliphatic carbocycles. The van der Waals surface area contributed by atoms with Crippen molar-refractivity contribution in [2.75, 3.05) is 32.7 Å². The number of likely N-dealkylation sites (N-methyl/N-ethyl adjacent to an activating group) is 1. The summed E-state index contributed by atoms with van der Waals surface area (Å²) < 4.78 is 1.92. The van der Waals surface area contributed by atoms with E-state index in [4.69, 9.17) is 5.10 Å². The van der Waals surface area contributed by atoms with Crippen molar-refractivity contribution in [2.45, 2.75) is 53.9 Å². The summed E-state index contributed by atoms with van der Waals surface area (Å²) in [4.78, 5) is 22.8. The molecule has 3 heterocycles. The molecule has 0 saturated carbocycles. The average molecular weight is 390 g/mol. The Morgan fingerprint density at radius 2 is 1.78 bits per heavy atom. The number of rotatable bonds is 6. The molecule has 1 saturated heterocycles. The predicted molar refractivity (Wildman–Crippen MR) is 110 cm³/mol. The van der Waals surface area contributed by atoms with Gasteiger partial charge in [-0.05, 0) is 45.7 Å². The Kier molecular flexibility index (Phi) is 6.32. The summed E-state index contributed by atoms with van der Waals surface area (Å²) in [5, 5.41) is 5.51. The van der Waals surface area contributed by atoms with Gasteiger partial charge in [0, 0.05) is 31.9 Å². The molecule has 1 aliphatic heterocycles. The van der Waals surface area contributed by atoms with E-state index in [0.29, 0.717) is 0 Å². The highest BCUT2D eigenvalue weighted by atomic mass is 32.1. The first-order chi connectivity index (χ1) is 13.0. The summed E-state index contributed by atoms with van der Waals surface area (Å²) >= 11 is 1.47. The van der Waals surface area contributed by atoms with Crippen LogP contribution in [0, 0.1) is 20.8 Å². The van der Waals surface area contributed by atoms with Gasteiger partial charge in [-0.2, -0.15) is 5.10 Å². The fraction of sp³-hybridized carbons (Fsp3) is 0.650. The molecule has 1 amide bonds. The number of amides is 1. The fourth-order valence-electron chi connectivity index (χ4n) is 3.66. The van der Waals surface area contributed by atoms with E-state index in [9.17, 15) is 4.79 Å². The summed E-state index contributed by atoms with van der Waals surface area (Å²) in [6.07, 6.45) is 3.38. The summed E-state index contributed by atoms with van der Waals surface area (Å²) in [5.41, 5.74) is 4.33. The minimum Gasteiger partial charge on any atom is -0.335 e. The molecule has 2 aromatic rings. The van der Waals surface area contributed by atoms with Crippen molar-refractivity contribution in [3.8, 4) is 5.13 Å². The number of thiazole rings is 1. The molecular weight excluding hydrogens is 358 g/mol. The monoisotopic (exact) mass is 389 g/mol. The number of unbranched alkanes of at least 4 members (excludes halogenated alkanes) is 1. The first-order valence-electron chi connectivity index (χ1n) is 10.0. The molecule has 7 heteroatoms. The van der Waals surface area contributed by atoms with E-state index < -0.39 is 0 Å². The van der Waals surface area contributed by atoms with Gasteiger partial charge in [-0.3, -0.25) is 4.79 Å². The summed E-state index contributed by atoms with van der Waals surface area (Å²) in [6.45, 7) is 15.0. The number of nitrogens with zero attached hydrogens (tertiary/aromatic N) is 5. The van der Waals surface area contributed by atoms with Crippen LogP contribution in [0.3, 0.4) is 0 Å². The quantitative estimate of drug-likeness (QED) is 0.760. The minimum absolute atomic E-state index is 0.111. The zero-order chi connectivity index (χ0) is 19.6. The van der Waals surface area contributed by atoms with Gasteiger partial charge in [0.2, 0.25) is 5.13 Å². The third-order valence-electron chi connectivity index (χ3n) is 5.49. The van der Waals surface area contributed by atoms with Gasteiger partial charge < -0.3 is 9.80 Å². The van der Waals surface area contributed by atoms with Crippen LogP contribution in [0.5, 0.6) is 0 Å². The lowest BCUT2D eigenvalue weighted by atomic mass is 10.1. The maximum absolute atomic E-state index is 13.0. The topological polar surface area (TPSA) is 54.3 Å². The molecule has 0 atom stereocenters. The van der Waals surface area contributed by atoms with Gasteiger partial charge in [-0.15, -0.1) is 0 Å². The smallest absolute Gasteiger partial charge is 0.266 e. The lowest BCUT2D eigenvalue weighted by Gasteiger charge is -2.33. The predicted octanol–water partition coefficient (Wildman–Crippen LogP) is 3.37. The molecule has 3 rings (SSSR count). The number of carbonyl (C=O) groups excluding carboxylic acids is 1. The van der Waals surface area contributed by atoms with E-state index in [1.165, 1.54) is 23.3 Å². The normalized spacial score (nSPS) is 15.5. The number of aryl methyl sites for hydroxylation is 2.